The molecular formula is C13H14N4OS. The normalized spacial score (nSPS) is 11.0. The van der Waals surface area contributed by atoms with E-state index in [1.807, 2.05) is 19.1 Å². The number of hydrogen-bond acceptors (Lipinski definition) is 6. The average Bonchev–Trinajstić information content (AvgIpc) is 2.95. The highest BCUT2D eigenvalue weighted by molar-refractivity contribution is 7.09. The molecule has 3 rings (SSSR count). The number of benzene rings is 1. The summed E-state index contributed by atoms with van der Waals surface area (Å²) in [5.41, 5.74) is 8.95. The highest BCUT2D eigenvalue weighted by Gasteiger charge is 2.05. The van der Waals surface area contributed by atoms with Crippen LogP contribution in [0.5, 0.6) is 0 Å². The maximum absolute atomic E-state index is 5.70. The van der Waals surface area contributed by atoms with E-state index in [0.29, 0.717) is 17.3 Å². The molecule has 6 heteroatoms. The minimum Gasteiger partial charge on any atom is -0.423 e. The number of nitrogens with two attached hydrogens (primary N) is 1. The van der Waals surface area contributed by atoms with Gasteiger partial charge in [-0.2, -0.15) is 4.98 Å². The van der Waals surface area contributed by atoms with Crippen molar-refractivity contribution in [1.82, 2.24) is 9.97 Å². The van der Waals surface area contributed by atoms with Gasteiger partial charge in [0.05, 0.1) is 5.01 Å². The van der Waals surface area contributed by atoms with Gasteiger partial charge >= 0.3 is 0 Å². The van der Waals surface area contributed by atoms with Crippen LogP contribution in [0.15, 0.2) is 28.0 Å². The summed E-state index contributed by atoms with van der Waals surface area (Å²) >= 11 is 1.67. The van der Waals surface area contributed by atoms with Crippen LogP contribution in [0.1, 0.15) is 10.7 Å². The van der Waals surface area contributed by atoms with Crippen LogP contribution in [0.2, 0.25) is 0 Å². The van der Waals surface area contributed by atoms with Crippen molar-refractivity contribution in [3.05, 3.63) is 34.3 Å². The molecule has 1 aromatic carbocycles. The third-order valence-electron chi connectivity index (χ3n) is 2.69. The van der Waals surface area contributed by atoms with Gasteiger partial charge in [0.2, 0.25) is 0 Å². The van der Waals surface area contributed by atoms with Gasteiger partial charge < -0.3 is 15.5 Å². The first-order chi connectivity index (χ1) is 9.20. The largest absolute Gasteiger partial charge is 0.423 e. The second-order valence-electron chi connectivity index (χ2n) is 4.31. The lowest BCUT2D eigenvalue weighted by Crippen LogP contribution is -2.04. The fourth-order valence-electron chi connectivity index (χ4n) is 1.81. The number of aryl methyl sites for hydroxylation is 1. The maximum Gasteiger partial charge on any atom is 0.295 e. The van der Waals surface area contributed by atoms with E-state index in [1.54, 1.807) is 17.4 Å². The lowest BCUT2D eigenvalue weighted by atomic mass is 10.3. The lowest BCUT2D eigenvalue weighted by molar-refractivity contribution is 0.614. The molecule has 3 N–H and O–H groups in total. The summed E-state index contributed by atoms with van der Waals surface area (Å²) < 4.78 is 5.57. The summed E-state index contributed by atoms with van der Waals surface area (Å²) in [5, 5.41) is 6.33. The fourth-order valence-corrected chi connectivity index (χ4v) is 2.59. The molecule has 0 unspecified atom stereocenters. The van der Waals surface area contributed by atoms with E-state index in [-0.39, 0.29) is 0 Å². The Hall–Kier alpha value is -2.08. The number of anilines is 2. The van der Waals surface area contributed by atoms with Crippen molar-refractivity contribution in [2.24, 2.45) is 0 Å². The molecule has 0 amide bonds. The molecule has 0 aliphatic rings. The highest BCUT2D eigenvalue weighted by Crippen LogP contribution is 2.21. The third kappa shape index (κ3) is 2.68. The number of thiazole rings is 1. The molecule has 0 fully saturated rings. The van der Waals surface area contributed by atoms with E-state index in [2.05, 4.69) is 20.7 Å². The van der Waals surface area contributed by atoms with Gasteiger partial charge in [0.25, 0.3) is 6.01 Å². The van der Waals surface area contributed by atoms with E-state index in [0.717, 1.165) is 29.2 Å². The van der Waals surface area contributed by atoms with Crippen LogP contribution in [-0.4, -0.2) is 16.5 Å². The molecule has 3 aromatic rings. The Kier molecular flexibility index (Phi) is 3.08. The Balaban J connectivity index is 1.65. The zero-order valence-electron chi connectivity index (χ0n) is 10.5. The predicted octanol–water partition coefficient (Wildman–Crippen LogP) is 2.83. The number of oxazole rings is 1. The Morgan fingerprint density at radius 2 is 2.26 bits per heavy atom. The van der Waals surface area contributed by atoms with Gasteiger partial charge in [-0.05, 0) is 19.1 Å². The Bertz CT molecular complexity index is 704. The van der Waals surface area contributed by atoms with Crippen LogP contribution < -0.4 is 11.1 Å². The van der Waals surface area contributed by atoms with Crippen LogP contribution in [-0.2, 0) is 6.42 Å². The lowest BCUT2D eigenvalue weighted by Gasteiger charge is -1.98. The molecule has 0 aliphatic carbocycles. The van der Waals surface area contributed by atoms with E-state index < -0.39 is 0 Å². The molecule has 0 spiro atoms. The number of aromatic nitrogens is 2. The van der Waals surface area contributed by atoms with E-state index >= 15 is 0 Å². The second kappa shape index (κ2) is 4.89. The molecule has 0 atom stereocenters. The smallest absolute Gasteiger partial charge is 0.295 e. The Morgan fingerprint density at radius 1 is 1.37 bits per heavy atom. The minimum atomic E-state index is 0.522. The minimum absolute atomic E-state index is 0.522. The van der Waals surface area contributed by atoms with Gasteiger partial charge in [-0.15, -0.1) is 11.3 Å². The molecular weight excluding hydrogens is 260 g/mol. The summed E-state index contributed by atoms with van der Waals surface area (Å²) in [6.45, 7) is 2.74. The van der Waals surface area contributed by atoms with Crippen LogP contribution in [0.3, 0.4) is 0 Å². The molecule has 2 aromatic heterocycles. The second-order valence-corrected chi connectivity index (χ2v) is 5.25. The molecule has 0 saturated carbocycles. The van der Waals surface area contributed by atoms with Gasteiger partial charge in [0, 0.05) is 35.8 Å². The molecule has 0 bridgehead atoms. The van der Waals surface area contributed by atoms with Crippen molar-refractivity contribution in [2.75, 3.05) is 17.6 Å². The molecule has 98 valence electrons. The third-order valence-corrected chi connectivity index (χ3v) is 3.72. The summed E-state index contributed by atoms with van der Waals surface area (Å²) in [6.07, 6.45) is 0.860. The summed E-state index contributed by atoms with van der Waals surface area (Å²) in [5.74, 6) is 0. The van der Waals surface area contributed by atoms with E-state index in [1.165, 1.54) is 0 Å². The number of nitrogens with one attached hydrogen (secondary N) is 1. The summed E-state index contributed by atoms with van der Waals surface area (Å²) in [7, 11) is 0. The highest BCUT2D eigenvalue weighted by atomic mass is 32.1. The van der Waals surface area contributed by atoms with Crippen molar-refractivity contribution in [1.29, 1.82) is 0 Å². The number of rotatable bonds is 4. The predicted molar refractivity (Wildman–Crippen MR) is 77.5 cm³/mol. The zero-order valence-corrected chi connectivity index (χ0v) is 11.3. The van der Waals surface area contributed by atoms with Crippen LogP contribution >= 0.6 is 11.3 Å². The van der Waals surface area contributed by atoms with Crippen molar-refractivity contribution >= 4 is 34.1 Å². The molecule has 0 radical (unpaired) electrons. The summed E-state index contributed by atoms with van der Waals surface area (Å²) in [6, 6.07) is 5.96. The molecule has 0 aliphatic heterocycles. The Morgan fingerprint density at radius 3 is 3.05 bits per heavy atom. The first-order valence-electron chi connectivity index (χ1n) is 6.01. The van der Waals surface area contributed by atoms with Crippen LogP contribution in [0.25, 0.3) is 11.1 Å². The quantitative estimate of drug-likeness (QED) is 0.715. The number of nitrogens with zero attached hydrogens (tertiary/aromatic N) is 2. The topological polar surface area (TPSA) is 77.0 Å². The van der Waals surface area contributed by atoms with Gasteiger partial charge in [-0.3, -0.25) is 0 Å². The Labute approximate surface area is 114 Å². The van der Waals surface area contributed by atoms with E-state index in [4.69, 9.17) is 10.2 Å². The van der Waals surface area contributed by atoms with E-state index in [9.17, 15) is 0 Å². The number of hydrogen-bond donors (Lipinski definition) is 2. The standard InChI is InChI=1S/C13H14N4OS/c1-8-7-19-12(16-8)4-5-15-13-17-10-3-2-9(14)6-11(10)18-13/h2-3,6-7H,4-5,14H2,1H3,(H,15,17). The zero-order chi connectivity index (χ0) is 13.2. The molecule has 0 saturated heterocycles. The average molecular weight is 274 g/mol. The molecule has 2 heterocycles. The maximum atomic E-state index is 5.70. The van der Waals surface area contributed by atoms with Crippen molar-refractivity contribution < 1.29 is 4.42 Å². The van der Waals surface area contributed by atoms with Crippen molar-refractivity contribution in [2.45, 2.75) is 13.3 Å². The van der Waals surface area contributed by atoms with Gasteiger partial charge in [-0.1, -0.05) is 0 Å². The number of fused-ring (bicyclic) bond motifs is 1. The number of nitrogen functional groups attached to an aromatic ring is 1. The van der Waals surface area contributed by atoms with Crippen LogP contribution in [0, 0.1) is 6.92 Å². The van der Waals surface area contributed by atoms with Crippen molar-refractivity contribution in [3.8, 4) is 0 Å². The monoisotopic (exact) mass is 274 g/mol. The fraction of sp³-hybridized carbons (Fsp3) is 0.231. The van der Waals surface area contributed by atoms with Crippen molar-refractivity contribution in [3.63, 3.8) is 0 Å². The molecule has 5 nitrogen and oxygen atoms in total. The first-order valence-corrected chi connectivity index (χ1v) is 6.89. The first kappa shape index (κ1) is 12.0. The SMILES string of the molecule is Cc1csc(CCNc2nc3ccc(N)cc3o2)n1. The van der Waals surface area contributed by atoms with Crippen LogP contribution in [0.4, 0.5) is 11.7 Å². The summed E-state index contributed by atoms with van der Waals surface area (Å²) in [4.78, 5) is 8.75. The van der Waals surface area contributed by atoms with Gasteiger partial charge in [0.1, 0.15) is 5.52 Å². The molecule has 19 heavy (non-hydrogen) atoms. The van der Waals surface area contributed by atoms with Gasteiger partial charge in [0.15, 0.2) is 5.58 Å². The van der Waals surface area contributed by atoms with Gasteiger partial charge in [-0.25, -0.2) is 4.98 Å².